The highest BCUT2D eigenvalue weighted by Crippen LogP contribution is 2.01. The van der Waals surface area contributed by atoms with E-state index in [4.69, 9.17) is 4.74 Å². The van der Waals surface area contributed by atoms with Crippen molar-refractivity contribution in [3.63, 3.8) is 0 Å². The van der Waals surface area contributed by atoms with Crippen molar-refractivity contribution in [2.24, 2.45) is 0 Å². The van der Waals surface area contributed by atoms with E-state index in [1.54, 1.807) is 6.92 Å². The second-order valence-corrected chi connectivity index (χ2v) is 2.91. The van der Waals surface area contributed by atoms with Gasteiger partial charge in [-0.15, -0.1) is 5.10 Å². The summed E-state index contributed by atoms with van der Waals surface area (Å²) in [6.45, 7) is 1.94. The van der Waals surface area contributed by atoms with Crippen molar-refractivity contribution < 1.29 is 14.3 Å². The van der Waals surface area contributed by atoms with Gasteiger partial charge in [0.05, 0.1) is 12.2 Å². The summed E-state index contributed by atoms with van der Waals surface area (Å²) in [4.78, 5) is 29.5. The molecule has 0 N–H and O–H groups in total. The second kappa shape index (κ2) is 4.05. The summed E-state index contributed by atoms with van der Waals surface area (Å²) in [5.41, 5.74) is 0.354. The Labute approximate surface area is 90.1 Å². The lowest BCUT2D eigenvalue weighted by molar-refractivity contribution is 0.0512. The maximum atomic E-state index is 11.3. The number of nitrogens with zero attached hydrogens (tertiary/aromatic N) is 4. The van der Waals surface area contributed by atoms with Gasteiger partial charge in [0.25, 0.3) is 11.6 Å². The lowest BCUT2D eigenvalue weighted by atomic mass is 10.4. The molecule has 0 aliphatic rings. The van der Waals surface area contributed by atoms with Gasteiger partial charge >= 0.3 is 5.97 Å². The Morgan fingerprint density at radius 3 is 3.12 bits per heavy atom. The van der Waals surface area contributed by atoms with Gasteiger partial charge < -0.3 is 4.74 Å². The number of hydrogen-bond donors (Lipinski definition) is 0. The molecule has 0 fully saturated rings. The Bertz CT molecular complexity index is 549. The monoisotopic (exact) mass is 220 g/mol. The minimum absolute atomic E-state index is 0.0719. The normalized spacial score (nSPS) is 10.3. The molecule has 2 aromatic heterocycles. The van der Waals surface area contributed by atoms with Gasteiger partial charge in [-0.1, -0.05) is 0 Å². The Morgan fingerprint density at radius 2 is 2.44 bits per heavy atom. The fraction of sp³-hybridized carbons (Fsp3) is 0.222. The lowest BCUT2D eigenvalue weighted by Gasteiger charge is -1.93. The van der Waals surface area contributed by atoms with Crippen molar-refractivity contribution in [2.75, 3.05) is 6.61 Å². The number of fused-ring (bicyclic) bond motifs is 1. The highest BCUT2D eigenvalue weighted by molar-refractivity contribution is 5.85. The number of rotatable bonds is 3. The summed E-state index contributed by atoms with van der Waals surface area (Å²) < 4.78 is 6.00. The zero-order chi connectivity index (χ0) is 11.5. The number of carbonyl (C=O) groups is 2. The van der Waals surface area contributed by atoms with E-state index in [0.29, 0.717) is 11.8 Å². The molecule has 16 heavy (non-hydrogen) atoms. The molecular weight excluding hydrogens is 212 g/mol. The van der Waals surface area contributed by atoms with Crippen LogP contribution in [0.2, 0.25) is 0 Å². The molecule has 0 aliphatic heterocycles. The fourth-order valence-corrected chi connectivity index (χ4v) is 1.14. The maximum absolute atomic E-state index is 11.3. The maximum Gasteiger partial charge on any atom is 0.378 e. The molecule has 0 bridgehead atoms. The van der Waals surface area contributed by atoms with E-state index >= 15 is 0 Å². The first kappa shape index (κ1) is 10.2. The smallest absolute Gasteiger partial charge is 0.378 e. The molecule has 0 unspecified atom stereocenters. The summed E-state index contributed by atoms with van der Waals surface area (Å²) in [5.74, 6) is -0.438. The Hall–Kier alpha value is -2.31. The molecule has 0 radical (unpaired) electrons. The van der Waals surface area contributed by atoms with Crippen LogP contribution in [0.4, 0.5) is 0 Å². The van der Waals surface area contributed by atoms with E-state index < -0.39 is 5.97 Å². The Morgan fingerprint density at radius 1 is 1.62 bits per heavy atom. The number of aromatic nitrogens is 4. The molecular formula is C9H8N4O3. The van der Waals surface area contributed by atoms with Crippen LogP contribution in [0.1, 0.15) is 27.9 Å². The van der Waals surface area contributed by atoms with Crippen molar-refractivity contribution >= 4 is 18.0 Å². The van der Waals surface area contributed by atoms with Gasteiger partial charge in [-0.3, -0.25) is 4.79 Å². The number of ether oxygens (including phenoxy) is 1. The number of esters is 1. The highest BCUT2D eigenvalue weighted by Gasteiger charge is 2.14. The topological polar surface area (TPSA) is 86.5 Å². The predicted octanol–water partition coefficient (Wildman–Crippen LogP) is 0.113. The van der Waals surface area contributed by atoms with Gasteiger partial charge in [0, 0.05) is 12.4 Å². The van der Waals surface area contributed by atoms with E-state index in [-0.39, 0.29) is 18.2 Å². The zero-order valence-electron chi connectivity index (χ0n) is 8.45. The van der Waals surface area contributed by atoms with Crippen LogP contribution in [0.5, 0.6) is 0 Å². The third kappa shape index (κ3) is 1.74. The molecule has 2 rings (SSSR count). The van der Waals surface area contributed by atoms with E-state index in [9.17, 15) is 9.59 Å². The van der Waals surface area contributed by atoms with Crippen molar-refractivity contribution in [1.29, 1.82) is 0 Å². The van der Waals surface area contributed by atoms with Crippen molar-refractivity contribution in [1.82, 2.24) is 19.6 Å². The summed E-state index contributed by atoms with van der Waals surface area (Å²) in [6.07, 6.45) is 3.43. The predicted molar refractivity (Wildman–Crippen MR) is 52.1 cm³/mol. The van der Waals surface area contributed by atoms with E-state index in [1.807, 2.05) is 0 Å². The quantitative estimate of drug-likeness (QED) is 0.539. The van der Waals surface area contributed by atoms with E-state index in [1.165, 1.54) is 16.9 Å². The second-order valence-electron chi connectivity index (χ2n) is 2.91. The number of hydrogen-bond acceptors (Lipinski definition) is 6. The van der Waals surface area contributed by atoms with Crippen LogP contribution in [0, 0.1) is 0 Å². The Balaban J connectivity index is 2.43. The largest absolute Gasteiger partial charge is 0.460 e. The average Bonchev–Trinajstić information content (AvgIpc) is 2.71. The van der Waals surface area contributed by atoms with Crippen LogP contribution >= 0.6 is 0 Å². The Kier molecular flexibility index (Phi) is 2.59. The first-order valence-corrected chi connectivity index (χ1v) is 4.59. The minimum atomic E-state index is -0.611. The molecule has 2 heterocycles. The first-order valence-electron chi connectivity index (χ1n) is 4.59. The lowest BCUT2D eigenvalue weighted by Crippen LogP contribution is -2.06. The zero-order valence-corrected chi connectivity index (χ0v) is 8.45. The van der Waals surface area contributed by atoms with E-state index in [2.05, 4.69) is 15.1 Å². The van der Waals surface area contributed by atoms with Crippen LogP contribution in [0.15, 0.2) is 12.4 Å². The molecule has 0 saturated carbocycles. The van der Waals surface area contributed by atoms with Crippen molar-refractivity contribution in [2.45, 2.75) is 6.92 Å². The van der Waals surface area contributed by atoms with Gasteiger partial charge in [-0.2, -0.15) is 4.98 Å². The summed E-state index contributed by atoms with van der Waals surface area (Å²) >= 11 is 0. The molecule has 0 aromatic carbocycles. The van der Waals surface area contributed by atoms with Gasteiger partial charge in [0.2, 0.25) is 0 Å². The molecule has 82 valence electrons. The fourth-order valence-electron chi connectivity index (χ4n) is 1.14. The average molecular weight is 220 g/mol. The molecule has 7 nitrogen and oxygen atoms in total. The van der Waals surface area contributed by atoms with Crippen molar-refractivity contribution in [3.8, 4) is 0 Å². The van der Waals surface area contributed by atoms with Crippen LogP contribution in [0.3, 0.4) is 0 Å². The standard InChI is InChI=1S/C9H8N4O3/c1-2-16-8(15)7-11-9-10-3-6(5-14)4-13(9)12-7/h3-5H,2H2,1H3. The van der Waals surface area contributed by atoms with Gasteiger partial charge in [-0.25, -0.2) is 14.3 Å². The SMILES string of the molecule is CCOC(=O)c1nc2ncc(C=O)cn2n1. The number of carbonyl (C=O) groups excluding carboxylic acids is 2. The van der Waals surface area contributed by atoms with Crippen LogP contribution in [-0.2, 0) is 4.74 Å². The minimum Gasteiger partial charge on any atom is -0.460 e. The summed E-state index contributed by atoms with van der Waals surface area (Å²) in [6, 6.07) is 0. The molecule has 0 atom stereocenters. The van der Waals surface area contributed by atoms with Crippen molar-refractivity contribution in [3.05, 3.63) is 23.8 Å². The molecule has 0 aliphatic carbocycles. The molecule has 0 spiro atoms. The molecule has 0 saturated heterocycles. The molecule has 0 amide bonds. The summed E-state index contributed by atoms with van der Waals surface area (Å²) in [5, 5.41) is 3.85. The third-order valence-corrected chi connectivity index (χ3v) is 1.81. The summed E-state index contributed by atoms with van der Waals surface area (Å²) in [7, 11) is 0. The van der Waals surface area contributed by atoms with E-state index in [0.717, 1.165) is 0 Å². The van der Waals surface area contributed by atoms with Crippen LogP contribution in [-0.4, -0.2) is 38.4 Å². The van der Waals surface area contributed by atoms with Gasteiger partial charge in [0.15, 0.2) is 6.29 Å². The number of aldehydes is 1. The molecule has 2 aromatic rings. The van der Waals surface area contributed by atoms with Gasteiger partial charge in [0.1, 0.15) is 0 Å². The van der Waals surface area contributed by atoms with Gasteiger partial charge in [-0.05, 0) is 6.92 Å². The first-order chi connectivity index (χ1) is 7.74. The third-order valence-electron chi connectivity index (χ3n) is 1.81. The molecule has 7 heteroatoms. The highest BCUT2D eigenvalue weighted by atomic mass is 16.5. The van der Waals surface area contributed by atoms with Crippen LogP contribution < -0.4 is 0 Å². The van der Waals surface area contributed by atoms with Crippen LogP contribution in [0.25, 0.3) is 5.78 Å².